The summed E-state index contributed by atoms with van der Waals surface area (Å²) in [5.74, 6) is -3.18. The molecule has 0 amide bonds. The van der Waals surface area contributed by atoms with Gasteiger partial charge in [0.25, 0.3) is 0 Å². The van der Waals surface area contributed by atoms with Crippen LogP contribution in [0.4, 0.5) is 8.78 Å². The molecule has 0 N–H and O–H groups in total. The molecule has 0 saturated carbocycles. The Bertz CT molecular complexity index is 294. The van der Waals surface area contributed by atoms with Gasteiger partial charge in [0.05, 0.1) is 12.5 Å². The van der Waals surface area contributed by atoms with Gasteiger partial charge in [-0.1, -0.05) is 12.2 Å². The highest BCUT2D eigenvalue weighted by Gasteiger charge is 2.16. The summed E-state index contributed by atoms with van der Waals surface area (Å²) in [4.78, 5) is 11.2. The second kappa shape index (κ2) is 4.69. The molecule has 0 aromatic carbocycles. The number of carbonyl (C=O) groups is 1. The van der Waals surface area contributed by atoms with E-state index >= 15 is 0 Å². The minimum absolute atomic E-state index is 0.245. The van der Waals surface area contributed by atoms with Gasteiger partial charge in [0.15, 0.2) is 11.7 Å². The molecule has 0 radical (unpaired) electrons. The Balaban J connectivity index is 2.75. The summed E-state index contributed by atoms with van der Waals surface area (Å²) in [6, 6.07) is 0. The van der Waals surface area contributed by atoms with Crippen molar-refractivity contribution in [1.29, 1.82) is 0 Å². The topological polar surface area (TPSA) is 26.3 Å². The van der Waals surface area contributed by atoms with Gasteiger partial charge in [0.2, 0.25) is 0 Å². The van der Waals surface area contributed by atoms with Gasteiger partial charge in [-0.25, -0.2) is 8.78 Å². The lowest BCUT2D eigenvalue weighted by atomic mass is 10.1. The molecule has 0 aliphatic heterocycles. The lowest BCUT2D eigenvalue weighted by Crippen LogP contribution is -2.13. The van der Waals surface area contributed by atoms with Crippen LogP contribution in [0, 0.1) is 5.92 Å². The van der Waals surface area contributed by atoms with Crippen LogP contribution in [0.2, 0.25) is 0 Å². The molecule has 0 bridgehead atoms. The van der Waals surface area contributed by atoms with E-state index in [1.54, 1.807) is 6.92 Å². The third kappa shape index (κ3) is 2.52. The van der Waals surface area contributed by atoms with Crippen molar-refractivity contribution in [3.63, 3.8) is 0 Å². The molecule has 0 heterocycles. The van der Waals surface area contributed by atoms with Gasteiger partial charge in [0, 0.05) is 0 Å². The Morgan fingerprint density at radius 3 is 2.29 bits per heavy atom. The number of hydrogen-bond acceptors (Lipinski definition) is 2. The number of rotatable bonds is 2. The van der Waals surface area contributed by atoms with Gasteiger partial charge in [-0.05, 0) is 19.1 Å². The van der Waals surface area contributed by atoms with Crippen LogP contribution in [0.5, 0.6) is 0 Å². The maximum atomic E-state index is 12.7. The third-order valence-electron chi connectivity index (χ3n) is 1.69. The Labute approximate surface area is 80.6 Å². The molecule has 0 aromatic heterocycles. The van der Waals surface area contributed by atoms with Gasteiger partial charge in [-0.3, -0.25) is 4.79 Å². The molecule has 4 heteroatoms. The summed E-state index contributed by atoms with van der Waals surface area (Å²) in [7, 11) is 0. The van der Waals surface area contributed by atoms with Gasteiger partial charge < -0.3 is 4.74 Å². The fourth-order valence-corrected chi connectivity index (χ4v) is 0.995. The van der Waals surface area contributed by atoms with E-state index < -0.39 is 23.5 Å². The first-order chi connectivity index (χ1) is 6.65. The summed E-state index contributed by atoms with van der Waals surface area (Å²) in [5.41, 5.74) is 0. The van der Waals surface area contributed by atoms with E-state index in [1.165, 1.54) is 12.2 Å². The molecule has 0 fully saturated rings. The maximum Gasteiger partial charge on any atom is 0.316 e. The van der Waals surface area contributed by atoms with E-state index in [0.717, 1.165) is 12.2 Å². The molecule has 76 valence electrons. The molecule has 0 aromatic rings. The summed E-state index contributed by atoms with van der Waals surface area (Å²) < 4.78 is 30.1. The quantitative estimate of drug-likeness (QED) is 0.640. The van der Waals surface area contributed by atoms with Crippen LogP contribution >= 0.6 is 0 Å². The largest absolute Gasteiger partial charge is 0.465 e. The van der Waals surface area contributed by atoms with Crippen molar-refractivity contribution in [2.24, 2.45) is 5.92 Å². The fraction of sp³-hybridized carbons (Fsp3) is 0.300. The van der Waals surface area contributed by atoms with E-state index in [1.807, 2.05) is 0 Å². The molecule has 1 rings (SSSR count). The summed E-state index contributed by atoms with van der Waals surface area (Å²) in [5, 5.41) is 0. The average molecular weight is 200 g/mol. The van der Waals surface area contributed by atoms with Crippen molar-refractivity contribution in [1.82, 2.24) is 0 Å². The molecule has 0 atom stereocenters. The van der Waals surface area contributed by atoms with Crippen molar-refractivity contribution >= 4 is 5.97 Å². The van der Waals surface area contributed by atoms with Crippen LogP contribution in [0.15, 0.2) is 36.0 Å². The number of esters is 1. The standard InChI is InChI=1S/C10H10F2O2/c1-2-14-10(13)7-3-5-8(11)9(12)6-4-7/h3-7H,2H2,1H3. The van der Waals surface area contributed by atoms with E-state index in [2.05, 4.69) is 0 Å². The zero-order valence-electron chi connectivity index (χ0n) is 7.67. The first-order valence-corrected chi connectivity index (χ1v) is 4.23. The molecular formula is C10H10F2O2. The van der Waals surface area contributed by atoms with E-state index in [0.29, 0.717) is 0 Å². The molecule has 0 spiro atoms. The SMILES string of the molecule is CCOC(=O)C1C=CC(F)=C(F)C=C1. The molecule has 1 aliphatic carbocycles. The van der Waals surface area contributed by atoms with E-state index in [-0.39, 0.29) is 6.61 Å². The Kier molecular flexibility index (Phi) is 3.56. The summed E-state index contributed by atoms with van der Waals surface area (Å²) in [6.45, 7) is 1.91. The van der Waals surface area contributed by atoms with Gasteiger partial charge in [-0.15, -0.1) is 0 Å². The van der Waals surface area contributed by atoms with Crippen LogP contribution in [0.25, 0.3) is 0 Å². The minimum atomic E-state index is -0.979. The highest BCUT2D eigenvalue weighted by atomic mass is 19.2. The molecule has 2 nitrogen and oxygen atoms in total. The number of ether oxygens (including phenoxy) is 1. The Hall–Kier alpha value is -1.45. The van der Waals surface area contributed by atoms with Gasteiger partial charge in [0.1, 0.15) is 0 Å². The molecule has 0 unspecified atom stereocenters. The van der Waals surface area contributed by atoms with Crippen molar-refractivity contribution < 1.29 is 18.3 Å². The normalized spacial score (nSPS) is 17.1. The zero-order chi connectivity index (χ0) is 10.6. The predicted octanol–water partition coefficient (Wildman–Crippen LogP) is 2.44. The average Bonchev–Trinajstić information content (AvgIpc) is 2.31. The van der Waals surface area contributed by atoms with Crippen LogP contribution < -0.4 is 0 Å². The van der Waals surface area contributed by atoms with Crippen molar-refractivity contribution in [3.8, 4) is 0 Å². The van der Waals surface area contributed by atoms with Crippen LogP contribution in [-0.2, 0) is 9.53 Å². The smallest absolute Gasteiger partial charge is 0.316 e. The fourth-order valence-electron chi connectivity index (χ4n) is 0.995. The highest BCUT2D eigenvalue weighted by molar-refractivity contribution is 5.77. The molecule has 1 aliphatic rings. The van der Waals surface area contributed by atoms with Crippen LogP contribution in [0.1, 0.15) is 6.92 Å². The van der Waals surface area contributed by atoms with Crippen LogP contribution in [-0.4, -0.2) is 12.6 Å². The molecule has 14 heavy (non-hydrogen) atoms. The Morgan fingerprint density at radius 2 is 1.86 bits per heavy atom. The molecule has 0 saturated heterocycles. The first-order valence-electron chi connectivity index (χ1n) is 4.23. The predicted molar refractivity (Wildman–Crippen MR) is 47.6 cm³/mol. The third-order valence-corrected chi connectivity index (χ3v) is 1.69. The number of carbonyl (C=O) groups excluding carboxylic acids is 1. The highest BCUT2D eigenvalue weighted by Crippen LogP contribution is 2.18. The number of hydrogen-bond donors (Lipinski definition) is 0. The van der Waals surface area contributed by atoms with E-state index in [9.17, 15) is 13.6 Å². The monoisotopic (exact) mass is 200 g/mol. The van der Waals surface area contributed by atoms with E-state index in [4.69, 9.17) is 4.74 Å². The van der Waals surface area contributed by atoms with Crippen molar-refractivity contribution in [2.45, 2.75) is 6.92 Å². The Morgan fingerprint density at radius 1 is 1.36 bits per heavy atom. The lowest BCUT2D eigenvalue weighted by Gasteiger charge is -2.05. The summed E-state index contributed by atoms with van der Waals surface area (Å²) >= 11 is 0. The van der Waals surface area contributed by atoms with Crippen LogP contribution in [0.3, 0.4) is 0 Å². The van der Waals surface area contributed by atoms with Gasteiger partial charge >= 0.3 is 5.97 Å². The van der Waals surface area contributed by atoms with Gasteiger partial charge in [-0.2, -0.15) is 0 Å². The molecular weight excluding hydrogens is 190 g/mol. The zero-order valence-corrected chi connectivity index (χ0v) is 7.67. The maximum absolute atomic E-state index is 12.7. The number of halogens is 2. The summed E-state index contributed by atoms with van der Waals surface area (Å²) in [6.07, 6.45) is 4.38. The lowest BCUT2D eigenvalue weighted by molar-refractivity contribution is -0.144. The minimum Gasteiger partial charge on any atom is -0.465 e. The first kappa shape index (κ1) is 10.6. The number of allylic oxidation sites excluding steroid dienone is 4. The van der Waals surface area contributed by atoms with Crippen molar-refractivity contribution in [2.75, 3.05) is 6.61 Å². The second-order valence-electron chi connectivity index (χ2n) is 2.69. The second-order valence-corrected chi connectivity index (χ2v) is 2.69. The van der Waals surface area contributed by atoms with Crippen molar-refractivity contribution in [3.05, 3.63) is 36.0 Å².